The molecule has 3 rings (SSSR count). The van der Waals surface area contributed by atoms with Gasteiger partial charge in [0, 0.05) is 11.1 Å². The fourth-order valence-corrected chi connectivity index (χ4v) is 2.53. The molecule has 2 aromatic carbocycles. The SMILES string of the molecule is N#Cc1ccc(/C=C2/COC/C(=C\c3ccc(C#N)cc3)C2=O)cc1. The van der Waals surface area contributed by atoms with Gasteiger partial charge in [-0.15, -0.1) is 0 Å². The first kappa shape index (κ1) is 16.4. The van der Waals surface area contributed by atoms with Crippen molar-refractivity contribution in [2.45, 2.75) is 0 Å². The van der Waals surface area contributed by atoms with E-state index in [0.717, 1.165) is 11.1 Å². The molecular weight excluding hydrogens is 312 g/mol. The van der Waals surface area contributed by atoms with Gasteiger partial charge in [-0.2, -0.15) is 10.5 Å². The Balaban J connectivity index is 1.84. The molecule has 0 bridgehead atoms. The van der Waals surface area contributed by atoms with Crippen LogP contribution in [0.5, 0.6) is 0 Å². The highest BCUT2D eigenvalue weighted by Crippen LogP contribution is 2.20. The van der Waals surface area contributed by atoms with E-state index in [1.807, 2.05) is 0 Å². The first-order valence-electron chi connectivity index (χ1n) is 7.73. The topological polar surface area (TPSA) is 73.9 Å². The molecule has 0 atom stereocenters. The lowest BCUT2D eigenvalue weighted by Gasteiger charge is -2.17. The number of hydrogen-bond donors (Lipinski definition) is 0. The Labute approximate surface area is 145 Å². The fourth-order valence-electron chi connectivity index (χ4n) is 2.53. The maximum atomic E-state index is 12.7. The molecule has 0 unspecified atom stereocenters. The van der Waals surface area contributed by atoms with E-state index in [1.54, 1.807) is 60.7 Å². The minimum absolute atomic E-state index is 0.0417. The summed E-state index contributed by atoms with van der Waals surface area (Å²) in [4.78, 5) is 12.7. The number of carbonyl (C=O) groups excluding carboxylic acids is 1. The van der Waals surface area contributed by atoms with Crippen molar-refractivity contribution in [1.82, 2.24) is 0 Å². The van der Waals surface area contributed by atoms with Gasteiger partial charge in [-0.05, 0) is 47.5 Å². The third-order valence-electron chi connectivity index (χ3n) is 3.86. The van der Waals surface area contributed by atoms with Crippen molar-refractivity contribution in [3.8, 4) is 12.1 Å². The molecule has 25 heavy (non-hydrogen) atoms. The molecule has 1 saturated heterocycles. The minimum Gasteiger partial charge on any atom is -0.372 e. The van der Waals surface area contributed by atoms with E-state index in [9.17, 15) is 4.79 Å². The normalized spacial score (nSPS) is 17.3. The number of rotatable bonds is 2. The summed E-state index contributed by atoms with van der Waals surface area (Å²) in [6, 6.07) is 18.2. The van der Waals surface area contributed by atoms with Gasteiger partial charge in [0.1, 0.15) is 0 Å². The average molecular weight is 326 g/mol. The molecule has 0 radical (unpaired) electrons. The zero-order chi connectivity index (χ0) is 17.6. The minimum atomic E-state index is -0.0417. The summed E-state index contributed by atoms with van der Waals surface area (Å²) in [6.07, 6.45) is 3.57. The molecule has 4 nitrogen and oxygen atoms in total. The molecule has 4 heteroatoms. The first-order chi connectivity index (χ1) is 12.2. The molecule has 0 spiro atoms. The van der Waals surface area contributed by atoms with Gasteiger partial charge in [0.05, 0.1) is 36.5 Å². The summed E-state index contributed by atoms with van der Waals surface area (Å²) in [5, 5.41) is 17.7. The lowest BCUT2D eigenvalue weighted by Crippen LogP contribution is -2.21. The second kappa shape index (κ2) is 7.40. The Morgan fingerprint density at radius 2 is 1.16 bits per heavy atom. The number of benzene rings is 2. The third-order valence-corrected chi connectivity index (χ3v) is 3.86. The summed E-state index contributed by atoms with van der Waals surface area (Å²) >= 11 is 0. The molecular formula is C21H14N2O2. The Hall–Kier alpha value is -3.47. The summed E-state index contributed by atoms with van der Waals surface area (Å²) in [5.41, 5.74) is 4.02. The van der Waals surface area contributed by atoms with Gasteiger partial charge in [-0.25, -0.2) is 0 Å². The lowest BCUT2D eigenvalue weighted by molar-refractivity contribution is -0.114. The second-order valence-corrected chi connectivity index (χ2v) is 5.63. The predicted octanol–water partition coefficient (Wildman–Crippen LogP) is 3.50. The standard InChI is InChI=1S/C21H14N2O2/c22-11-17-5-1-15(2-6-17)9-19-13-25-14-20(21(19)24)10-16-3-7-18(12-23)8-4-16/h1-10H,13-14H2/b19-9-,20-10+. The van der Waals surface area contributed by atoms with Gasteiger partial charge in [-0.1, -0.05) is 24.3 Å². The van der Waals surface area contributed by atoms with E-state index in [-0.39, 0.29) is 19.0 Å². The van der Waals surface area contributed by atoms with Gasteiger partial charge in [0.2, 0.25) is 0 Å². The van der Waals surface area contributed by atoms with E-state index in [2.05, 4.69) is 12.1 Å². The van der Waals surface area contributed by atoms with E-state index >= 15 is 0 Å². The quantitative estimate of drug-likeness (QED) is 0.792. The largest absolute Gasteiger partial charge is 0.372 e. The highest BCUT2D eigenvalue weighted by atomic mass is 16.5. The van der Waals surface area contributed by atoms with Gasteiger partial charge in [0.15, 0.2) is 5.78 Å². The Morgan fingerprint density at radius 3 is 1.52 bits per heavy atom. The van der Waals surface area contributed by atoms with E-state index in [4.69, 9.17) is 15.3 Å². The van der Waals surface area contributed by atoms with Gasteiger partial charge < -0.3 is 4.74 Å². The molecule has 1 heterocycles. The van der Waals surface area contributed by atoms with Crippen LogP contribution in [0.25, 0.3) is 12.2 Å². The van der Waals surface area contributed by atoms with Crippen molar-refractivity contribution in [3.05, 3.63) is 81.9 Å². The van der Waals surface area contributed by atoms with Gasteiger partial charge in [0.25, 0.3) is 0 Å². The smallest absolute Gasteiger partial charge is 0.189 e. The molecule has 2 aromatic rings. The highest BCUT2D eigenvalue weighted by Gasteiger charge is 2.21. The number of carbonyl (C=O) groups is 1. The zero-order valence-electron chi connectivity index (χ0n) is 13.4. The predicted molar refractivity (Wildman–Crippen MR) is 94.1 cm³/mol. The lowest BCUT2D eigenvalue weighted by atomic mass is 9.97. The molecule has 120 valence electrons. The number of ketones is 1. The molecule has 0 aliphatic carbocycles. The fraction of sp³-hybridized carbons (Fsp3) is 0.0952. The second-order valence-electron chi connectivity index (χ2n) is 5.63. The summed E-state index contributed by atoms with van der Waals surface area (Å²) in [5.74, 6) is -0.0417. The maximum absolute atomic E-state index is 12.7. The number of hydrogen-bond acceptors (Lipinski definition) is 4. The monoisotopic (exact) mass is 326 g/mol. The highest BCUT2D eigenvalue weighted by molar-refractivity contribution is 6.14. The Kier molecular flexibility index (Phi) is 4.85. The molecule has 0 saturated carbocycles. The van der Waals surface area contributed by atoms with Crippen molar-refractivity contribution in [2.75, 3.05) is 13.2 Å². The maximum Gasteiger partial charge on any atom is 0.189 e. The van der Waals surface area contributed by atoms with Crippen molar-refractivity contribution >= 4 is 17.9 Å². The van der Waals surface area contributed by atoms with Crippen molar-refractivity contribution in [1.29, 1.82) is 10.5 Å². The zero-order valence-corrected chi connectivity index (χ0v) is 13.4. The summed E-state index contributed by atoms with van der Waals surface area (Å²) < 4.78 is 5.54. The Morgan fingerprint density at radius 1 is 0.760 bits per heavy atom. The first-order valence-corrected chi connectivity index (χ1v) is 7.73. The molecule has 0 amide bonds. The molecule has 0 N–H and O–H groups in total. The number of nitriles is 2. The van der Waals surface area contributed by atoms with Crippen LogP contribution in [0.1, 0.15) is 22.3 Å². The van der Waals surface area contributed by atoms with Crippen LogP contribution in [-0.4, -0.2) is 19.0 Å². The summed E-state index contributed by atoms with van der Waals surface area (Å²) in [6.45, 7) is 0.535. The third kappa shape index (κ3) is 3.90. The van der Waals surface area contributed by atoms with Crippen molar-refractivity contribution in [3.63, 3.8) is 0 Å². The van der Waals surface area contributed by atoms with Gasteiger partial charge >= 0.3 is 0 Å². The van der Waals surface area contributed by atoms with Gasteiger partial charge in [-0.3, -0.25) is 4.79 Å². The van der Waals surface area contributed by atoms with Crippen LogP contribution in [0, 0.1) is 22.7 Å². The van der Waals surface area contributed by atoms with Crippen molar-refractivity contribution in [2.24, 2.45) is 0 Å². The van der Waals surface area contributed by atoms with Crippen LogP contribution in [0.15, 0.2) is 59.7 Å². The Bertz CT molecular complexity index is 860. The number of ether oxygens (including phenoxy) is 1. The van der Waals surface area contributed by atoms with E-state index in [0.29, 0.717) is 22.3 Å². The molecule has 0 aromatic heterocycles. The van der Waals surface area contributed by atoms with Crippen LogP contribution in [0.4, 0.5) is 0 Å². The van der Waals surface area contributed by atoms with Crippen LogP contribution < -0.4 is 0 Å². The van der Waals surface area contributed by atoms with Crippen LogP contribution in [-0.2, 0) is 9.53 Å². The van der Waals surface area contributed by atoms with E-state index < -0.39 is 0 Å². The average Bonchev–Trinajstić information content (AvgIpc) is 2.66. The van der Waals surface area contributed by atoms with Crippen LogP contribution in [0.3, 0.4) is 0 Å². The number of Topliss-reactive ketones (excluding diaryl/α,β-unsaturated/α-hetero) is 1. The number of nitrogens with zero attached hydrogens (tertiary/aromatic N) is 2. The van der Waals surface area contributed by atoms with Crippen molar-refractivity contribution < 1.29 is 9.53 Å². The molecule has 1 fully saturated rings. The molecule has 1 aliphatic heterocycles. The van der Waals surface area contributed by atoms with Crippen LogP contribution >= 0.6 is 0 Å². The van der Waals surface area contributed by atoms with Crippen LogP contribution in [0.2, 0.25) is 0 Å². The molecule has 1 aliphatic rings. The van der Waals surface area contributed by atoms with E-state index in [1.165, 1.54) is 0 Å². The summed E-state index contributed by atoms with van der Waals surface area (Å²) in [7, 11) is 0.